The lowest BCUT2D eigenvalue weighted by Gasteiger charge is -2.16. The lowest BCUT2D eigenvalue weighted by molar-refractivity contribution is -0.118. The molecule has 0 saturated carbocycles. The number of ether oxygens (including phenoxy) is 1. The van der Waals surface area contributed by atoms with Gasteiger partial charge in [0.25, 0.3) is 5.91 Å². The summed E-state index contributed by atoms with van der Waals surface area (Å²) in [6.07, 6.45) is 4.25. The first-order chi connectivity index (χ1) is 13.1. The largest absolute Gasteiger partial charge is 0.482 e. The van der Waals surface area contributed by atoms with Crippen LogP contribution in [0.1, 0.15) is 31.7 Å². The molecule has 7 heteroatoms. The summed E-state index contributed by atoms with van der Waals surface area (Å²) in [7, 11) is 0. The van der Waals surface area contributed by atoms with E-state index in [9.17, 15) is 4.79 Å². The monoisotopic (exact) mass is 384 g/mol. The molecule has 0 radical (unpaired) electrons. The standard InChI is InChI=1S/C20H21ClN4O2/c1-3-14(2)15-4-9-19(18(10-15)25-12-22-23-13-25)27-11-20(26)24-17-7-5-16(21)6-8-17/h4-10,12-14H,3,11H2,1-2H3,(H,24,26)/t14-/m0/s1. The summed E-state index contributed by atoms with van der Waals surface area (Å²) in [4.78, 5) is 12.2. The van der Waals surface area contributed by atoms with E-state index in [0.717, 1.165) is 12.1 Å². The van der Waals surface area contributed by atoms with Gasteiger partial charge in [0.05, 0.1) is 5.69 Å². The van der Waals surface area contributed by atoms with Gasteiger partial charge in [0.2, 0.25) is 0 Å². The zero-order valence-corrected chi connectivity index (χ0v) is 16.0. The highest BCUT2D eigenvalue weighted by molar-refractivity contribution is 6.30. The number of rotatable bonds is 7. The van der Waals surface area contributed by atoms with Gasteiger partial charge in [0.15, 0.2) is 6.61 Å². The van der Waals surface area contributed by atoms with Crippen molar-refractivity contribution in [3.05, 3.63) is 65.7 Å². The number of nitrogens with zero attached hydrogens (tertiary/aromatic N) is 3. The van der Waals surface area contributed by atoms with Gasteiger partial charge < -0.3 is 10.1 Å². The Hall–Kier alpha value is -2.86. The van der Waals surface area contributed by atoms with E-state index >= 15 is 0 Å². The smallest absolute Gasteiger partial charge is 0.262 e. The highest BCUT2D eigenvalue weighted by atomic mass is 35.5. The summed E-state index contributed by atoms with van der Waals surface area (Å²) in [6, 6.07) is 12.9. The molecule has 3 aromatic rings. The fourth-order valence-corrected chi connectivity index (χ4v) is 2.73. The van der Waals surface area contributed by atoms with Crippen LogP contribution in [-0.2, 0) is 4.79 Å². The molecular formula is C20H21ClN4O2. The van der Waals surface area contributed by atoms with Crippen LogP contribution >= 0.6 is 11.6 Å². The van der Waals surface area contributed by atoms with Crippen molar-refractivity contribution in [2.75, 3.05) is 11.9 Å². The fraction of sp³-hybridized carbons (Fsp3) is 0.250. The van der Waals surface area contributed by atoms with E-state index in [-0.39, 0.29) is 12.5 Å². The number of carbonyl (C=O) groups excluding carboxylic acids is 1. The minimum atomic E-state index is -0.252. The summed E-state index contributed by atoms with van der Waals surface area (Å²) in [5.41, 5.74) is 2.66. The van der Waals surface area contributed by atoms with Crippen LogP contribution in [0.3, 0.4) is 0 Å². The number of anilines is 1. The van der Waals surface area contributed by atoms with Crippen molar-refractivity contribution in [1.29, 1.82) is 0 Å². The van der Waals surface area contributed by atoms with E-state index in [1.54, 1.807) is 41.5 Å². The van der Waals surface area contributed by atoms with Crippen molar-refractivity contribution in [3.63, 3.8) is 0 Å². The second-order valence-electron chi connectivity index (χ2n) is 6.25. The number of hydrogen-bond donors (Lipinski definition) is 1. The number of benzene rings is 2. The summed E-state index contributed by atoms with van der Waals surface area (Å²) in [5, 5.41) is 11.1. The van der Waals surface area contributed by atoms with Gasteiger partial charge in [-0.3, -0.25) is 9.36 Å². The highest BCUT2D eigenvalue weighted by Crippen LogP contribution is 2.28. The van der Waals surface area contributed by atoms with Crippen LogP contribution in [0.15, 0.2) is 55.1 Å². The first-order valence-corrected chi connectivity index (χ1v) is 9.11. The molecule has 1 N–H and O–H groups in total. The van der Waals surface area contributed by atoms with Gasteiger partial charge in [-0.2, -0.15) is 0 Å². The van der Waals surface area contributed by atoms with Crippen molar-refractivity contribution >= 4 is 23.2 Å². The van der Waals surface area contributed by atoms with E-state index < -0.39 is 0 Å². The molecule has 140 valence electrons. The van der Waals surface area contributed by atoms with Crippen LogP contribution in [0.5, 0.6) is 5.75 Å². The van der Waals surface area contributed by atoms with Gasteiger partial charge in [0, 0.05) is 10.7 Å². The molecule has 27 heavy (non-hydrogen) atoms. The Morgan fingerprint density at radius 3 is 2.56 bits per heavy atom. The molecule has 1 atom stereocenters. The van der Waals surface area contributed by atoms with E-state index in [0.29, 0.717) is 22.4 Å². The molecule has 0 spiro atoms. The Morgan fingerprint density at radius 1 is 1.19 bits per heavy atom. The molecule has 0 unspecified atom stereocenters. The van der Waals surface area contributed by atoms with Gasteiger partial charge in [-0.05, 0) is 54.3 Å². The van der Waals surface area contributed by atoms with Gasteiger partial charge in [0.1, 0.15) is 18.4 Å². The molecule has 6 nitrogen and oxygen atoms in total. The maximum absolute atomic E-state index is 12.2. The molecule has 2 aromatic carbocycles. The predicted octanol–water partition coefficient (Wildman–Crippen LogP) is 4.45. The van der Waals surface area contributed by atoms with Crippen LogP contribution in [0.2, 0.25) is 5.02 Å². The SMILES string of the molecule is CC[C@H](C)c1ccc(OCC(=O)Nc2ccc(Cl)cc2)c(-n2cnnc2)c1. The maximum atomic E-state index is 12.2. The number of amides is 1. The minimum absolute atomic E-state index is 0.111. The van der Waals surface area contributed by atoms with Gasteiger partial charge in [-0.25, -0.2) is 0 Å². The first-order valence-electron chi connectivity index (χ1n) is 8.74. The molecule has 1 aromatic heterocycles. The second kappa shape index (κ2) is 8.68. The lowest BCUT2D eigenvalue weighted by atomic mass is 9.98. The minimum Gasteiger partial charge on any atom is -0.482 e. The quantitative estimate of drug-likeness (QED) is 0.653. The molecule has 0 bridgehead atoms. The first kappa shape index (κ1) is 18.9. The van der Waals surface area contributed by atoms with Gasteiger partial charge >= 0.3 is 0 Å². The van der Waals surface area contributed by atoms with E-state index in [2.05, 4.69) is 29.4 Å². The van der Waals surface area contributed by atoms with Crippen LogP contribution in [0.4, 0.5) is 5.69 Å². The molecule has 0 aliphatic rings. The number of halogens is 1. The zero-order valence-electron chi connectivity index (χ0n) is 15.2. The number of carbonyl (C=O) groups is 1. The van der Waals surface area contributed by atoms with Crippen LogP contribution in [0, 0.1) is 0 Å². The van der Waals surface area contributed by atoms with Crippen molar-refractivity contribution in [1.82, 2.24) is 14.8 Å². The average Bonchev–Trinajstić information content (AvgIpc) is 3.22. The molecule has 0 aliphatic carbocycles. The summed E-state index contributed by atoms with van der Waals surface area (Å²) < 4.78 is 7.55. The van der Waals surface area contributed by atoms with E-state index in [1.807, 2.05) is 18.2 Å². The van der Waals surface area contributed by atoms with E-state index in [4.69, 9.17) is 16.3 Å². The number of hydrogen-bond acceptors (Lipinski definition) is 4. The third-order valence-electron chi connectivity index (χ3n) is 4.35. The molecule has 0 aliphatic heterocycles. The van der Waals surface area contributed by atoms with Crippen molar-refractivity contribution < 1.29 is 9.53 Å². The Bertz CT molecular complexity index is 895. The molecule has 0 fully saturated rings. The highest BCUT2D eigenvalue weighted by Gasteiger charge is 2.12. The molecular weight excluding hydrogens is 364 g/mol. The topological polar surface area (TPSA) is 69.0 Å². The molecule has 3 rings (SSSR count). The van der Waals surface area contributed by atoms with Crippen molar-refractivity contribution in [3.8, 4) is 11.4 Å². The predicted molar refractivity (Wildman–Crippen MR) is 106 cm³/mol. The van der Waals surface area contributed by atoms with E-state index in [1.165, 1.54) is 5.56 Å². The van der Waals surface area contributed by atoms with Crippen LogP contribution < -0.4 is 10.1 Å². The third-order valence-corrected chi connectivity index (χ3v) is 4.60. The Labute approximate surface area is 163 Å². The fourth-order valence-electron chi connectivity index (χ4n) is 2.60. The lowest BCUT2D eigenvalue weighted by Crippen LogP contribution is -2.20. The number of aromatic nitrogens is 3. The summed E-state index contributed by atoms with van der Waals surface area (Å²) in [6.45, 7) is 4.21. The number of nitrogens with one attached hydrogen (secondary N) is 1. The van der Waals surface area contributed by atoms with Gasteiger partial charge in [-0.15, -0.1) is 10.2 Å². The molecule has 1 heterocycles. The average molecular weight is 385 g/mol. The Morgan fingerprint density at radius 2 is 1.89 bits per heavy atom. The van der Waals surface area contributed by atoms with Crippen molar-refractivity contribution in [2.45, 2.75) is 26.2 Å². The normalized spacial score (nSPS) is 11.8. The molecule has 0 saturated heterocycles. The van der Waals surface area contributed by atoms with Crippen LogP contribution in [-0.4, -0.2) is 27.3 Å². The second-order valence-corrected chi connectivity index (χ2v) is 6.69. The zero-order chi connectivity index (χ0) is 19.2. The Kier molecular flexibility index (Phi) is 6.08. The third kappa shape index (κ3) is 4.86. The van der Waals surface area contributed by atoms with Gasteiger partial charge in [-0.1, -0.05) is 31.5 Å². The molecule has 1 amide bonds. The Balaban J connectivity index is 1.73. The summed E-state index contributed by atoms with van der Waals surface area (Å²) in [5.74, 6) is 0.758. The summed E-state index contributed by atoms with van der Waals surface area (Å²) >= 11 is 5.85. The van der Waals surface area contributed by atoms with Crippen molar-refractivity contribution in [2.24, 2.45) is 0 Å². The van der Waals surface area contributed by atoms with Crippen LogP contribution in [0.25, 0.3) is 5.69 Å². The maximum Gasteiger partial charge on any atom is 0.262 e.